The van der Waals surface area contributed by atoms with Gasteiger partial charge in [0.1, 0.15) is 11.4 Å². The highest BCUT2D eigenvalue weighted by atomic mass is 32.2. The van der Waals surface area contributed by atoms with E-state index in [0.29, 0.717) is 22.6 Å². The predicted octanol–water partition coefficient (Wildman–Crippen LogP) is 2.89. The molecule has 1 unspecified atom stereocenters. The summed E-state index contributed by atoms with van der Waals surface area (Å²) >= 11 is 0. The van der Waals surface area contributed by atoms with Gasteiger partial charge in [0.25, 0.3) is 0 Å². The summed E-state index contributed by atoms with van der Waals surface area (Å²) in [6, 6.07) is 4.90. The molecule has 1 heterocycles. The Kier molecular flexibility index (Phi) is 7.45. The lowest BCUT2D eigenvalue weighted by Crippen LogP contribution is -2.43. The average Bonchev–Trinajstić information content (AvgIpc) is 2.98. The summed E-state index contributed by atoms with van der Waals surface area (Å²) in [6.45, 7) is 8.45. The van der Waals surface area contributed by atoms with Gasteiger partial charge in [-0.15, -0.1) is 6.58 Å². The van der Waals surface area contributed by atoms with Gasteiger partial charge in [-0.3, -0.25) is 4.79 Å². The van der Waals surface area contributed by atoms with Gasteiger partial charge in [0.2, 0.25) is 10.0 Å². The number of nitrogens with zero attached hydrogens (tertiary/aromatic N) is 2. The van der Waals surface area contributed by atoms with Crippen LogP contribution >= 0.6 is 0 Å². The monoisotopic (exact) mass is 448 g/mol. The molecule has 2 rings (SSSR count). The Morgan fingerprint density at radius 1 is 1.19 bits per heavy atom. The van der Waals surface area contributed by atoms with Crippen LogP contribution in [0.2, 0.25) is 0 Å². The molecule has 168 valence electrons. The van der Waals surface area contributed by atoms with E-state index in [2.05, 4.69) is 6.58 Å². The highest BCUT2D eigenvalue weighted by molar-refractivity contribution is 7.89. The minimum Gasteiger partial charge on any atom is -0.497 e. The van der Waals surface area contributed by atoms with Crippen LogP contribution in [-0.4, -0.2) is 55.8 Å². The summed E-state index contributed by atoms with van der Waals surface area (Å²) < 4.78 is 39.2. The molecule has 0 saturated carbocycles. The maximum Gasteiger partial charge on any atom is 0.354 e. The Hall–Kier alpha value is -2.91. The summed E-state index contributed by atoms with van der Waals surface area (Å²) in [7, 11) is 0.408. The molecule has 1 aromatic heterocycles. The fourth-order valence-corrected chi connectivity index (χ4v) is 5.11. The van der Waals surface area contributed by atoms with Gasteiger partial charge >= 0.3 is 5.97 Å². The fraction of sp³-hybridized carbons (Fsp3) is 0.364. The quantitative estimate of drug-likeness (QED) is 0.333. The summed E-state index contributed by atoms with van der Waals surface area (Å²) in [5.74, 6) is -0.465. The second-order valence-corrected chi connectivity index (χ2v) is 8.95. The van der Waals surface area contributed by atoms with Crippen LogP contribution < -0.4 is 4.74 Å². The molecule has 0 aliphatic carbocycles. The first-order chi connectivity index (χ1) is 14.5. The van der Waals surface area contributed by atoms with Gasteiger partial charge < -0.3 is 14.0 Å². The number of hydrogen-bond donors (Lipinski definition) is 0. The molecule has 0 fully saturated rings. The van der Waals surface area contributed by atoms with Gasteiger partial charge in [-0.2, -0.15) is 4.31 Å². The van der Waals surface area contributed by atoms with Gasteiger partial charge in [0.05, 0.1) is 25.2 Å². The van der Waals surface area contributed by atoms with Crippen molar-refractivity contribution < 1.29 is 27.5 Å². The molecule has 8 nitrogen and oxygen atoms in total. The Morgan fingerprint density at radius 3 is 2.26 bits per heavy atom. The molecule has 0 N–H and O–H groups in total. The number of carbonyl (C=O) groups excluding carboxylic acids is 2. The molecule has 31 heavy (non-hydrogen) atoms. The first-order valence-electron chi connectivity index (χ1n) is 9.58. The second kappa shape index (κ2) is 9.49. The van der Waals surface area contributed by atoms with Gasteiger partial charge in [0, 0.05) is 24.8 Å². The number of sulfonamides is 1. The summed E-state index contributed by atoms with van der Waals surface area (Å²) in [5, 5.41) is 0. The van der Waals surface area contributed by atoms with Gasteiger partial charge in [-0.05, 0) is 50.6 Å². The lowest BCUT2D eigenvalue weighted by molar-refractivity contribution is 0.0588. The predicted molar refractivity (Wildman–Crippen MR) is 117 cm³/mol. The first-order valence-corrected chi connectivity index (χ1v) is 11.0. The number of Topliss-reactive ketones (excluding diaryl/α,β-unsaturated/α-hetero) is 1. The van der Waals surface area contributed by atoms with Crippen molar-refractivity contribution in [2.24, 2.45) is 7.05 Å². The number of carbonyl (C=O) groups is 2. The number of ketones is 1. The number of esters is 1. The Morgan fingerprint density at radius 2 is 1.77 bits per heavy atom. The molecule has 0 bridgehead atoms. The van der Waals surface area contributed by atoms with E-state index < -0.39 is 27.8 Å². The zero-order valence-electron chi connectivity index (χ0n) is 18.6. The van der Waals surface area contributed by atoms with E-state index in [0.717, 1.165) is 4.31 Å². The number of methoxy groups -OCH3 is 2. The largest absolute Gasteiger partial charge is 0.497 e. The lowest BCUT2D eigenvalue weighted by Gasteiger charge is -2.26. The van der Waals surface area contributed by atoms with E-state index in [4.69, 9.17) is 9.47 Å². The molecule has 2 aromatic rings. The van der Waals surface area contributed by atoms with Crippen molar-refractivity contribution in [3.05, 3.63) is 59.4 Å². The highest BCUT2D eigenvalue weighted by Crippen LogP contribution is 2.27. The maximum atomic E-state index is 13.4. The standard InChI is InChI=1S/C22H28N2O6S/c1-8-13-24(31(27,28)18-11-9-17(29-6)10-12-18)16(4)21(25)19-14(2)20(22(26)30-7)23(5)15(19)3/h8-12,16H,1,13H2,2-7H3. The van der Waals surface area contributed by atoms with E-state index in [1.165, 1.54) is 39.4 Å². The van der Waals surface area contributed by atoms with Crippen LogP contribution in [0.3, 0.4) is 0 Å². The van der Waals surface area contributed by atoms with Crippen molar-refractivity contribution in [3.63, 3.8) is 0 Å². The average molecular weight is 449 g/mol. The van der Waals surface area contributed by atoms with E-state index in [1.807, 2.05) is 0 Å². The molecule has 0 radical (unpaired) electrons. The molecule has 9 heteroatoms. The molecule has 0 aliphatic heterocycles. The topological polar surface area (TPSA) is 94.9 Å². The Balaban J connectivity index is 2.53. The summed E-state index contributed by atoms with van der Waals surface area (Å²) in [6.07, 6.45) is 1.43. The van der Waals surface area contributed by atoms with E-state index in [1.54, 1.807) is 37.6 Å². The summed E-state index contributed by atoms with van der Waals surface area (Å²) in [4.78, 5) is 25.6. The zero-order chi connectivity index (χ0) is 23.5. The number of rotatable bonds is 9. The van der Waals surface area contributed by atoms with E-state index in [9.17, 15) is 18.0 Å². The molecule has 0 aliphatic rings. The number of ether oxygens (including phenoxy) is 2. The van der Waals surface area contributed by atoms with E-state index >= 15 is 0 Å². The van der Waals surface area contributed by atoms with Gasteiger partial charge in [-0.1, -0.05) is 6.08 Å². The van der Waals surface area contributed by atoms with Crippen LogP contribution in [0.25, 0.3) is 0 Å². The van der Waals surface area contributed by atoms with Crippen LogP contribution in [0.4, 0.5) is 0 Å². The fourth-order valence-electron chi connectivity index (χ4n) is 3.54. The lowest BCUT2D eigenvalue weighted by atomic mass is 10.0. The SMILES string of the molecule is C=CCN(C(C)C(=O)c1c(C)c(C(=O)OC)n(C)c1C)S(=O)(=O)c1ccc(OC)cc1. The summed E-state index contributed by atoms with van der Waals surface area (Å²) in [5.41, 5.74) is 1.55. The third-order valence-electron chi connectivity index (χ3n) is 5.34. The van der Waals surface area contributed by atoms with Crippen LogP contribution in [0, 0.1) is 13.8 Å². The van der Waals surface area contributed by atoms with Crippen LogP contribution in [0.15, 0.2) is 41.8 Å². The normalized spacial score (nSPS) is 12.5. The zero-order valence-corrected chi connectivity index (χ0v) is 19.4. The van der Waals surface area contributed by atoms with Crippen LogP contribution in [0.1, 0.15) is 39.0 Å². The Labute approximate surface area is 183 Å². The number of benzene rings is 1. The molecule has 0 saturated heterocycles. The third kappa shape index (κ3) is 4.42. The third-order valence-corrected chi connectivity index (χ3v) is 7.29. The van der Waals surface area contributed by atoms with Crippen molar-refractivity contribution in [3.8, 4) is 5.75 Å². The molecule has 0 amide bonds. The number of hydrogen-bond acceptors (Lipinski definition) is 6. The molecular formula is C22H28N2O6S. The van der Waals surface area contributed by atoms with Crippen molar-refractivity contribution in [2.75, 3.05) is 20.8 Å². The Bertz CT molecular complexity index is 1100. The minimum atomic E-state index is -4.00. The highest BCUT2D eigenvalue weighted by Gasteiger charge is 2.35. The maximum absolute atomic E-state index is 13.4. The van der Waals surface area contributed by atoms with Crippen LogP contribution in [-0.2, 0) is 21.8 Å². The molecule has 1 aromatic carbocycles. The van der Waals surface area contributed by atoms with Gasteiger partial charge in [0.15, 0.2) is 5.78 Å². The van der Waals surface area contributed by atoms with E-state index in [-0.39, 0.29) is 17.1 Å². The molecule has 0 spiro atoms. The smallest absolute Gasteiger partial charge is 0.354 e. The molecule has 1 atom stereocenters. The van der Waals surface area contributed by atoms with Crippen LogP contribution in [0.5, 0.6) is 5.75 Å². The second-order valence-electron chi connectivity index (χ2n) is 7.06. The van der Waals surface area contributed by atoms with Crippen molar-refractivity contribution in [1.29, 1.82) is 0 Å². The van der Waals surface area contributed by atoms with Crippen molar-refractivity contribution >= 4 is 21.8 Å². The minimum absolute atomic E-state index is 0.0338. The van der Waals surface area contributed by atoms with Crippen molar-refractivity contribution in [2.45, 2.75) is 31.7 Å². The number of aromatic nitrogens is 1. The van der Waals surface area contributed by atoms with Gasteiger partial charge in [-0.25, -0.2) is 13.2 Å². The molecular weight excluding hydrogens is 420 g/mol. The van der Waals surface area contributed by atoms with Crippen molar-refractivity contribution in [1.82, 2.24) is 8.87 Å². The first kappa shape index (κ1) is 24.4.